The molecule has 0 aliphatic heterocycles. The lowest BCUT2D eigenvalue weighted by molar-refractivity contribution is -0.116. The standard InChI is InChI=1S/C15H17N3O4/c1-9(2)14-17-13(22-18-14)8-7-12(19)16-11-5-3-10(4-6-11)15(20)21/h3-6,9H,7-8H2,1-2H3,(H,16,19)(H,20,21). The van der Waals surface area contributed by atoms with E-state index in [0.717, 1.165) is 0 Å². The number of hydrogen-bond acceptors (Lipinski definition) is 5. The Bertz CT molecular complexity index is 662. The molecule has 1 heterocycles. The third-order valence-corrected chi connectivity index (χ3v) is 2.98. The number of carboxylic acid groups (broad SMARTS) is 1. The number of amides is 1. The molecule has 0 saturated carbocycles. The van der Waals surface area contributed by atoms with Crippen LogP contribution in [0.15, 0.2) is 28.8 Å². The quantitative estimate of drug-likeness (QED) is 0.849. The van der Waals surface area contributed by atoms with Crippen LogP contribution in [0.2, 0.25) is 0 Å². The maximum atomic E-state index is 11.8. The van der Waals surface area contributed by atoms with Gasteiger partial charge in [0.2, 0.25) is 11.8 Å². The predicted molar refractivity (Wildman–Crippen MR) is 78.7 cm³/mol. The minimum atomic E-state index is -1.00. The van der Waals surface area contributed by atoms with Crippen LogP contribution in [0.4, 0.5) is 5.69 Å². The van der Waals surface area contributed by atoms with Gasteiger partial charge in [0.1, 0.15) is 0 Å². The van der Waals surface area contributed by atoms with Gasteiger partial charge in [-0.1, -0.05) is 19.0 Å². The van der Waals surface area contributed by atoms with Crippen LogP contribution in [-0.2, 0) is 11.2 Å². The van der Waals surface area contributed by atoms with Gasteiger partial charge in [0.25, 0.3) is 0 Å². The molecular formula is C15H17N3O4. The third-order valence-electron chi connectivity index (χ3n) is 2.98. The number of carbonyl (C=O) groups is 2. The number of carboxylic acids is 1. The molecule has 0 unspecified atom stereocenters. The highest BCUT2D eigenvalue weighted by atomic mass is 16.5. The van der Waals surface area contributed by atoms with Crippen molar-refractivity contribution in [2.24, 2.45) is 0 Å². The topological polar surface area (TPSA) is 105 Å². The number of aromatic nitrogens is 2. The van der Waals surface area contributed by atoms with E-state index in [0.29, 0.717) is 23.8 Å². The minimum Gasteiger partial charge on any atom is -0.478 e. The van der Waals surface area contributed by atoms with Crippen molar-refractivity contribution in [3.63, 3.8) is 0 Å². The van der Waals surface area contributed by atoms with Crippen LogP contribution < -0.4 is 5.32 Å². The molecule has 116 valence electrons. The molecule has 0 spiro atoms. The Morgan fingerprint density at radius 1 is 1.27 bits per heavy atom. The number of benzene rings is 1. The van der Waals surface area contributed by atoms with Gasteiger partial charge in [-0.25, -0.2) is 4.79 Å². The second kappa shape index (κ2) is 6.84. The van der Waals surface area contributed by atoms with Gasteiger partial charge in [-0.15, -0.1) is 0 Å². The molecule has 0 radical (unpaired) electrons. The smallest absolute Gasteiger partial charge is 0.335 e. The molecule has 0 fully saturated rings. The first-order valence-corrected chi connectivity index (χ1v) is 6.91. The van der Waals surface area contributed by atoms with E-state index in [1.165, 1.54) is 12.1 Å². The van der Waals surface area contributed by atoms with Crippen LogP contribution >= 0.6 is 0 Å². The van der Waals surface area contributed by atoms with Crippen molar-refractivity contribution in [1.82, 2.24) is 10.1 Å². The molecule has 2 N–H and O–H groups in total. The number of anilines is 1. The van der Waals surface area contributed by atoms with Gasteiger partial charge in [-0.3, -0.25) is 4.79 Å². The molecule has 0 bridgehead atoms. The third kappa shape index (κ3) is 4.15. The highest BCUT2D eigenvalue weighted by Gasteiger charge is 2.11. The summed E-state index contributed by atoms with van der Waals surface area (Å²) in [6, 6.07) is 5.96. The fourth-order valence-electron chi connectivity index (χ4n) is 1.74. The second-order valence-corrected chi connectivity index (χ2v) is 5.13. The van der Waals surface area contributed by atoms with Crippen molar-refractivity contribution in [2.45, 2.75) is 32.6 Å². The van der Waals surface area contributed by atoms with E-state index in [4.69, 9.17) is 9.63 Å². The van der Waals surface area contributed by atoms with Crippen molar-refractivity contribution >= 4 is 17.6 Å². The Balaban J connectivity index is 1.85. The molecule has 2 rings (SSSR count). The van der Waals surface area contributed by atoms with Crippen molar-refractivity contribution in [2.75, 3.05) is 5.32 Å². The molecule has 1 aromatic heterocycles. The van der Waals surface area contributed by atoms with E-state index in [1.54, 1.807) is 12.1 Å². The molecule has 0 aliphatic rings. The monoisotopic (exact) mass is 303 g/mol. The zero-order chi connectivity index (χ0) is 16.1. The molecule has 0 saturated heterocycles. The summed E-state index contributed by atoms with van der Waals surface area (Å²) >= 11 is 0. The number of aryl methyl sites for hydroxylation is 1. The number of carbonyl (C=O) groups excluding carboxylic acids is 1. The van der Waals surface area contributed by atoms with Crippen LogP contribution in [0, 0.1) is 0 Å². The molecule has 2 aromatic rings. The van der Waals surface area contributed by atoms with Gasteiger partial charge in [0.15, 0.2) is 5.82 Å². The fourth-order valence-corrected chi connectivity index (χ4v) is 1.74. The van der Waals surface area contributed by atoms with Crippen LogP contribution in [0.5, 0.6) is 0 Å². The van der Waals surface area contributed by atoms with Gasteiger partial charge in [0, 0.05) is 24.4 Å². The maximum Gasteiger partial charge on any atom is 0.335 e. The summed E-state index contributed by atoms with van der Waals surface area (Å²) in [5.74, 6) is 0.0291. The van der Waals surface area contributed by atoms with Gasteiger partial charge in [-0.05, 0) is 24.3 Å². The molecule has 1 aromatic carbocycles. The maximum absolute atomic E-state index is 11.8. The molecule has 1 amide bonds. The first-order chi connectivity index (χ1) is 10.5. The molecule has 7 nitrogen and oxygen atoms in total. The Hall–Kier alpha value is -2.70. The Labute approximate surface area is 127 Å². The summed E-state index contributed by atoms with van der Waals surface area (Å²) in [4.78, 5) is 26.8. The molecular weight excluding hydrogens is 286 g/mol. The van der Waals surface area contributed by atoms with Crippen LogP contribution in [0.1, 0.15) is 48.3 Å². The largest absolute Gasteiger partial charge is 0.478 e. The highest BCUT2D eigenvalue weighted by molar-refractivity contribution is 5.92. The highest BCUT2D eigenvalue weighted by Crippen LogP contribution is 2.12. The average molecular weight is 303 g/mol. The molecule has 7 heteroatoms. The van der Waals surface area contributed by atoms with E-state index >= 15 is 0 Å². The molecule has 22 heavy (non-hydrogen) atoms. The molecule has 0 aliphatic carbocycles. The summed E-state index contributed by atoms with van der Waals surface area (Å²) in [7, 11) is 0. The van der Waals surface area contributed by atoms with E-state index in [-0.39, 0.29) is 23.8 Å². The average Bonchev–Trinajstić information content (AvgIpc) is 2.95. The number of rotatable bonds is 6. The normalized spacial score (nSPS) is 10.7. The van der Waals surface area contributed by atoms with Crippen molar-refractivity contribution < 1.29 is 19.2 Å². The fraction of sp³-hybridized carbons (Fsp3) is 0.333. The van der Waals surface area contributed by atoms with Crippen molar-refractivity contribution in [1.29, 1.82) is 0 Å². The van der Waals surface area contributed by atoms with Crippen molar-refractivity contribution in [3.05, 3.63) is 41.5 Å². The zero-order valence-corrected chi connectivity index (χ0v) is 12.4. The first kappa shape index (κ1) is 15.7. The van der Waals surface area contributed by atoms with Crippen LogP contribution in [0.3, 0.4) is 0 Å². The lowest BCUT2D eigenvalue weighted by Crippen LogP contribution is -2.12. The molecule has 0 atom stereocenters. The SMILES string of the molecule is CC(C)c1noc(CCC(=O)Nc2ccc(C(=O)O)cc2)n1. The number of aromatic carboxylic acids is 1. The first-order valence-electron chi connectivity index (χ1n) is 6.91. The van der Waals surface area contributed by atoms with Crippen LogP contribution in [-0.4, -0.2) is 27.1 Å². The second-order valence-electron chi connectivity index (χ2n) is 5.13. The van der Waals surface area contributed by atoms with Gasteiger partial charge in [0.05, 0.1) is 5.56 Å². The Morgan fingerprint density at radius 3 is 2.50 bits per heavy atom. The summed E-state index contributed by atoms with van der Waals surface area (Å²) < 4.78 is 5.06. The van der Waals surface area contributed by atoms with Gasteiger partial charge in [-0.2, -0.15) is 4.98 Å². The Kier molecular flexibility index (Phi) is 4.88. The van der Waals surface area contributed by atoms with E-state index < -0.39 is 5.97 Å². The Morgan fingerprint density at radius 2 is 1.95 bits per heavy atom. The predicted octanol–water partition coefficient (Wildman–Crippen LogP) is 2.46. The van der Waals surface area contributed by atoms with E-state index in [2.05, 4.69) is 15.5 Å². The van der Waals surface area contributed by atoms with Crippen LogP contribution in [0.25, 0.3) is 0 Å². The van der Waals surface area contributed by atoms with Gasteiger partial charge < -0.3 is 14.9 Å². The van der Waals surface area contributed by atoms with Gasteiger partial charge >= 0.3 is 5.97 Å². The number of nitrogens with zero attached hydrogens (tertiary/aromatic N) is 2. The summed E-state index contributed by atoms with van der Waals surface area (Å²) in [5.41, 5.74) is 0.716. The minimum absolute atomic E-state index is 0.171. The number of hydrogen-bond donors (Lipinski definition) is 2. The summed E-state index contributed by atoms with van der Waals surface area (Å²) in [6.45, 7) is 3.92. The lowest BCUT2D eigenvalue weighted by atomic mass is 10.2. The van der Waals surface area contributed by atoms with Crippen molar-refractivity contribution in [3.8, 4) is 0 Å². The zero-order valence-electron chi connectivity index (χ0n) is 12.4. The van der Waals surface area contributed by atoms with E-state index in [9.17, 15) is 9.59 Å². The summed E-state index contributed by atoms with van der Waals surface area (Å²) in [5, 5.41) is 15.3. The van der Waals surface area contributed by atoms with E-state index in [1.807, 2.05) is 13.8 Å². The number of nitrogens with one attached hydrogen (secondary N) is 1. The summed E-state index contributed by atoms with van der Waals surface area (Å²) in [6.07, 6.45) is 0.569. The lowest BCUT2D eigenvalue weighted by Gasteiger charge is -2.04.